The van der Waals surface area contributed by atoms with E-state index in [-0.39, 0.29) is 17.4 Å². The molecule has 0 aromatic heterocycles. The van der Waals surface area contributed by atoms with E-state index in [2.05, 4.69) is 66.4 Å². The van der Waals surface area contributed by atoms with Gasteiger partial charge in [-0.25, -0.2) is 0 Å². The number of benzene rings is 2. The molecule has 1 heterocycles. The molecule has 1 aliphatic carbocycles. The standard InChI is InChI=1S/C24H28ClNO/c1-2-24(14-8-16-25)15-13-21-22(23(24)27)19-11-6-7-12-20(19)26(21)17-18-9-4-3-5-10-18/h3-7,9-12,21-22H,2,8,13-17H2,1H3/t21-,22+,24?/m1/s1. The van der Waals surface area contributed by atoms with E-state index < -0.39 is 0 Å². The van der Waals surface area contributed by atoms with Crippen LogP contribution in [0, 0.1) is 5.41 Å². The molecule has 0 amide bonds. The van der Waals surface area contributed by atoms with Crippen molar-refractivity contribution in [3.8, 4) is 0 Å². The van der Waals surface area contributed by atoms with Crippen molar-refractivity contribution in [3.05, 3.63) is 65.7 Å². The van der Waals surface area contributed by atoms with Crippen LogP contribution in [0.3, 0.4) is 0 Å². The van der Waals surface area contributed by atoms with Gasteiger partial charge in [-0.3, -0.25) is 4.79 Å². The van der Waals surface area contributed by atoms with Gasteiger partial charge < -0.3 is 4.90 Å². The molecule has 2 nitrogen and oxygen atoms in total. The first kappa shape index (κ1) is 18.6. The molecular formula is C24H28ClNO. The summed E-state index contributed by atoms with van der Waals surface area (Å²) in [4.78, 5) is 16.2. The van der Waals surface area contributed by atoms with Gasteiger partial charge in [-0.05, 0) is 49.3 Å². The van der Waals surface area contributed by atoms with Gasteiger partial charge in [-0.15, -0.1) is 11.6 Å². The van der Waals surface area contributed by atoms with Crippen molar-refractivity contribution in [1.29, 1.82) is 0 Å². The highest BCUT2D eigenvalue weighted by Crippen LogP contribution is 2.53. The van der Waals surface area contributed by atoms with Crippen molar-refractivity contribution in [2.75, 3.05) is 10.8 Å². The second-order valence-corrected chi connectivity index (χ2v) is 8.42. The Kier molecular flexibility index (Phi) is 5.27. The zero-order valence-electron chi connectivity index (χ0n) is 16.0. The van der Waals surface area contributed by atoms with Gasteiger partial charge in [0, 0.05) is 29.6 Å². The first-order valence-corrected chi connectivity index (χ1v) is 10.7. The third kappa shape index (κ3) is 3.18. The fourth-order valence-electron chi connectivity index (χ4n) is 5.26. The maximum atomic E-state index is 13.8. The highest BCUT2D eigenvalue weighted by atomic mass is 35.5. The number of carbonyl (C=O) groups is 1. The van der Waals surface area contributed by atoms with Gasteiger partial charge >= 0.3 is 0 Å². The zero-order chi connectivity index (χ0) is 18.9. The van der Waals surface area contributed by atoms with Gasteiger partial charge in [-0.1, -0.05) is 55.5 Å². The number of hydrogen-bond acceptors (Lipinski definition) is 2. The number of alkyl halides is 1. The lowest BCUT2D eigenvalue weighted by atomic mass is 9.62. The molecule has 0 saturated heterocycles. The van der Waals surface area contributed by atoms with Crippen molar-refractivity contribution >= 4 is 23.1 Å². The molecule has 142 valence electrons. The van der Waals surface area contributed by atoms with Crippen molar-refractivity contribution in [2.24, 2.45) is 5.41 Å². The molecule has 0 N–H and O–H groups in total. The molecule has 3 heteroatoms. The van der Waals surface area contributed by atoms with Gasteiger partial charge in [-0.2, -0.15) is 0 Å². The maximum absolute atomic E-state index is 13.8. The monoisotopic (exact) mass is 381 g/mol. The van der Waals surface area contributed by atoms with Gasteiger partial charge in [0.05, 0.1) is 5.92 Å². The molecule has 1 unspecified atom stereocenters. The van der Waals surface area contributed by atoms with Crippen LogP contribution in [0.4, 0.5) is 5.69 Å². The quantitative estimate of drug-likeness (QED) is 0.577. The predicted octanol–water partition coefficient (Wildman–Crippen LogP) is 5.94. The first-order valence-electron chi connectivity index (χ1n) is 10.2. The van der Waals surface area contributed by atoms with Crippen LogP contribution in [0.15, 0.2) is 54.6 Å². The Bertz CT molecular complexity index is 805. The van der Waals surface area contributed by atoms with E-state index in [0.717, 1.165) is 38.6 Å². The molecular weight excluding hydrogens is 354 g/mol. The number of Topliss-reactive ketones (excluding diaryl/α,β-unsaturated/α-hetero) is 1. The molecule has 3 atom stereocenters. The van der Waals surface area contributed by atoms with Crippen molar-refractivity contribution in [1.82, 2.24) is 0 Å². The summed E-state index contributed by atoms with van der Waals surface area (Å²) in [6.45, 7) is 3.04. The van der Waals surface area contributed by atoms with E-state index in [1.54, 1.807) is 0 Å². The summed E-state index contributed by atoms with van der Waals surface area (Å²) in [5.41, 5.74) is 3.59. The van der Waals surface area contributed by atoms with Crippen LogP contribution in [0.1, 0.15) is 56.1 Å². The van der Waals surface area contributed by atoms with Crippen LogP contribution < -0.4 is 4.90 Å². The number of carbonyl (C=O) groups excluding carboxylic acids is 1. The minimum atomic E-state index is -0.189. The number of rotatable bonds is 6. The molecule has 1 fully saturated rings. The molecule has 4 rings (SSSR count). The van der Waals surface area contributed by atoms with Crippen LogP contribution >= 0.6 is 11.6 Å². The van der Waals surface area contributed by atoms with Crippen molar-refractivity contribution in [3.63, 3.8) is 0 Å². The normalized spacial score (nSPS) is 26.7. The minimum Gasteiger partial charge on any atom is -0.363 e. The maximum Gasteiger partial charge on any atom is 0.148 e. The fourth-order valence-corrected chi connectivity index (χ4v) is 5.39. The third-order valence-electron chi connectivity index (χ3n) is 6.75. The number of fused-ring (bicyclic) bond motifs is 3. The molecule has 2 aromatic rings. The highest BCUT2D eigenvalue weighted by molar-refractivity contribution is 6.17. The van der Waals surface area contributed by atoms with E-state index in [1.165, 1.54) is 16.8 Å². The topological polar surface area (TPSA) is 20.3 Å². The Morgan fingerprint density at radius 1 is 1.11 bits per heavy atom. The van der Waals surface area contributed by atoms with Crippen molar-refractivity contribution < 1.29 is 4.79 Å². The molecule has 0 bridgehead atoms. The molecule has 2 aliphatic rings. The van der Waals surface area contributed by atoms with Crippen LogP contribution in [0.25, 0.3) is 0 Å². The highest BCUT2D eigenvalue weighted by Gasteiger charge is 2.52. The lowest BCUT2D eigenvalue weighted by Crippen LogP contribution is -2.47. The Hall–Kier alpha value is -1.80. The molecule has 27 heavy (non-hydrogen) atoms. The fraction of sp³-hybridized carbons (Fsp3) is 0.458. The Balaban J connectivity index is 1.69. The summed E-state index contributed by atoms with van der Waals surface area (Å²) in [5, 5.41) is 0. The molecule has 1 saturated carbocycles. The number of anilines is 1. The number of para-hydroxylation sites is 1. The number of hydrogen-bond donors (Lipinski definition) is 0. The second-order valence-electron chi connectivity index (χ2n) is 8.05. The summed E-state index contributed by atoms with van der Waals surface area (Å²) >= 11 is 5.97. The largest absolute Gasteiger partial charge is 0.363 e. The van der Waals surface area contributed by atoms with E-state index >= 15 is 0 Å². The second kappa shape index (κ2) is 7.67. The summed E-state index contributed by atoms with van der Waals surface area (Å²) in [7, 11) is 0. The van der Waals surface area contributed by atoms with Gasteiger partial charge in [0.15, 0.2) is 0 Å². The van der Waals surface area contributed by atoms with Crippen LogP contribution in [-0.4, -0.2) is 17.7 Å². The Morgan fingerprint density at radius 3 is 2.59 bits per heavy atom. The Labute approximate surface area is 167 Å². The summed E-state index contributed by atoms with van der Waals surface area (Å²) < 4.78 is 0. The van der Waals surface area contributed by atoms with Crippen LogP contribution in [0.5, 0.6) is 0 Å². The average Bonchev–Trinajstić information content (AvgIpc) is 3.03. The van der Waals surface area contributed by atoms with E-state index in [0.29, 0.717) is 11.7 Å². The lowest BCUT2D eigenvalue weighted by molar-refractivity contribution is -0.134. The zero-order valence-corrected chi connectivity index (χ0v) is 16.8. The third-order valence-corrected chi connectivity index (χ3v) is 7.02. The summed E-state index contributed by atoms with van der Waals surface area (Å²) in [6.07, 6.45) is 4.84. The van der Waals surface area contributed by atoms with Crippen molar-refractivity contribution in [2.45, 2.75) is 57.5 Å². The van der Waals surface area contributed by atoms with Crippen LogP contribution in [-0.2, 0) is 11.3 Å². The predicted molar refractivity (Wildman–Crippen MR) is 113 cm³/mol. The van der Waals surface area contributed by atoms with E-state index in [4.69, 9.17) is 11.6 Å². The lowest BCUT2D eigenvalue weighted by Gasteiger charge is -2.43. The number of ketones is 1. The minimum absolute atomic E-state index is 0.00828. The SMILES string of the molecule is CCC1(CCCCl)CC[C@@H]2[C@@H](C1=O)c1ccccc1N2Cc1ccccc1. The number of nitrogens with zero attached hydrogens (tertiary/aromatic N) is 1. The molecule has 2 aromatic carbocycles. The molecule has 0 radical (unpaired) electrons. The van der Waals surface area contributed by atoms with Gasteiger partial charge in [0.1, 0.15) is 5.78 Å². The van der Waals surface area contributed by atoms with Crippen LogP contribution in [0.2, 0.25) is 0 Å². The first-order chi connectivity index (χ1) is 13.2. The molecule has 1 aliphatic heterocycles. The van der Waals surface area contributed by atoms with Gasteiger partial charge in [0.25, 0.3) is 0 Å². The average molecular weight is 382 g/mol. The van der Waals surface area contributed by atoms with Gasteiger partial charge in [0.2, 0.25) is 0 Å². The van der Waals surface area contributed by atoms with E-state index in [9.17, 15) is 4.79 Å². The Morgan fingerprint density at radius 2 is 1.85 bits per heavy atom. The smallest absolute Gasteiger partial charge is 0.148 e. The number of halogens is 1. The molecule has 0 spiro atoms. The van der Waals surface area contributed by atoms with E-state index in [1.807, 2.05) is 0 Å². The summed E-state index contributed by atoms with van der Waals surface area (Å²) in [5.74, 6) is 1.10. The summed E-state index contributed by atoms with van der Waals surface area (Å²) in [6, 6.07) is 19.4.